The van der Waals surface area contributed by atoms with Gasteiger partial charge < -0.3 is 10.2 Å². The molecule has 48 valence electrons. The summed E-state index contributed by atoms with van der Waals surface area (Å²) < 4.78 is 0. The number of likely N-dealkylation sites (N-methyl/N-ethyl adjacent to an activating group) is 1. The van der Waals surface area contributed by atoms with Crippen LogP contribution < -0.4 is 5.32 Å². The summed E-state index contributed by atoms with van der Waals surface area (Å²) in [5.41, 5.74) is 0. The summed E-state index contributed by atoms with van der Waals surface area (Å²) >= 11 is 0. The number of nitrogens with zero attached hydrogens (tertiary/aromatic N) is 1. The average molecular weight is 116 g/mol. The number of rotatable bonds is 0. The molecule has 0 radical (unpaired) electrons. The minimum Gasteiger partial charge on any atom is -0.334 e. The summed E-state index contributed by atoms with van der Waals surface area (Å²) in [7, 11) is 1.79. The highest BCUT2D eigenvalue weighted by Gasteiger charge is 2.20. The number of amides is 2. The topological polar surface area (TPSA) is 32.3 Å². The quantitative estimate of drug-likeness (QED) is 0.484. The molecule has 0 saturated carbocycles. The van der Waals surface area contributed by atoms with Crippen LogP contribution in [0, 0.1) is 0 Å². The number of hydrogen-bond donors (Lipinski definition) is 1. The molecule has 0 aromatic rings. The molecule has 1 atom stereocenters. The molecule has 0 aromatic carbocycles. The van der Waals surface area contributed by atoms with Gasteiger partial charge in [0.15, 0.2) is 0 Å². The van der Waals surface area contributed by atoms with Gasteiger partial charge in [-0.15, -0.1) is 0 Å². The largest absolute Gasteiger partial charge is 0.334 e. The van der Waals surface area contributed by atoms with Gasteiger partial charge >= 0.3 is 6.03 Å². The molecule has 1 aliphatic rings. The van der Waals surface area contributed by atoms with Gasteiger partial charge in [-0.3, -0.25) is 0 Å². The number of carbonyl (C=O) groups excluding carboxylic acids is 1. The summed E-state index contributed by atoms with van der Waals surface area (Å²) in [6.45, 7) is 2.82. The Hall–Kier alpha value is -0.730. The smallest absolute Gasteiger partial charge is 0.317 e. The van der Waals surface area contributed by atoms with Crippen molar-refractivity contribution < 1.29 is 6.22 Å². The van der Waals surface area contributed by atoms with Gasteiger partial charge in [0, 0.05) is 21.1 Å². The summed E-state index contributed by atoms with van der Waals surface area (Å²) in [6, 6.07) is 0.366. The Morgan fingerprint density at radius 1 is 2.00 bits per heavy atom. The monoisotopic (exact) mass is 116 g/mol. The molecule has 1 N–H and O–H groups in total. The summed E-state index contributed by atoms with van der Waals surface area (Å²) in [5, 5.41) is 2.75. The molecule has 1 heterocycles. The normalized spacial score (nSPS) is 28.5. The van der Waals surface area contributed by atoms with Gasteiger partial charge in [-0.25, -0.2) is 4.79 Å². The second-order valence-electron chi connectivity index (χ2n) is 2.23. The fraction of sp³-hybridized carbons (Fsp3) is 0.800. The molecule has 1 saturated heterocycles. The summed E-state index contributed by atoms with van der Waals surface area (Å²) in [6.07, 6.45) is 0. The van der Waals surface area contributed by atoms with Crippen LogP contribution in [-0.2, 0) is 0 Å². The molecule has 3 heteroatoms. The first-order chi connectivity index (χ1) is 3.70. The lowest BCUT2D eigenvalue weighted by molar-refractivity contribution is 0.226. The van der Waals surface area contributed by atoms with E-state index in [1.165, 1.54) is 0 Å². The van der Waals surface area contributed by atoms with Crippen LogP contribution in [-0.4, -0.2) is 30.6 Å². The van der Waals surface area contributed by atoms with E-state index in [-0.39, 0.29) is 7.46 Å². The second kappa shape index (κ2) is 1.65. The second-order valence-corrected chi connectivity index (χ2v) is 2.23. The Kier molecular flexibility index (Phi) is 1.12. The van der Waals surface area contributed by atoms with Crippen LogP contribution >= 0.6 is 0 Å². The van der Waals surface area contributed by atoms with Gasteiger partial charge in [-0.05, 0) is 6.92 Å². The highest BCUT2D eigenvalue weighted by atomic mass is 16.2. The zero-order valence-corrected chi connectivity index (χ0v) is 5.14. The van der Waals surface area contributed by atoms with E-state index in [1.807, 2.05) is 6.92 Å². The van der Waals surface area contributed by atoms with Gasteiger partial charge in [0.05, 0.1) is 0 Å². The van der Waals surface area contributed by atoms with E-state index in [2.05, 4.69) is 5.32 Å². The van der Waals surface area contributed by atoms with E-state index >= 15 is 0 Å². The van der Waals surface area contributed by atoms with Crippen LogP contribution in [0.5, 0.6) is 0 Å². The standard InChI is InChI=1S/C5H10N2O.H2/c1-4-3-7(2)5(8)6-4;/h4H,3H2,1-2H3,(H,6,8);1H. The molecule has 1 aliphatic heterocycles. The first-order valence-corrected chi connectivity index (χ1v) is 2.72. The molecule has 8 heavy (non-hydrogen) atoms. The Bertz CT molecular complexity index is 118. The van der Waals surface area contributed by atoms with E-state index in [0.717, 1.165) is 6.54 Å². The zero-order valence-electron chi connectivity index (χ0n) is 5.14. The first kappa shape index (κ1) is 5.41. The molecule has 1 unspecified atom stereocenters. The fourth-order valence-electron chi connectivity index (χ4n) is 0.860. The molecule has 0 bridgehead atoms. The molecule has 1 rings (SSSR count). The van der Waals surface area contributed by atoms with Crippen LogP contribution in [0.25, 0.3) is 0 Å². The summed E-state index contributed by atoms with van der Waals surface area (Å²) in [5.74, 6) is 0. The van der Waals surface area contributed by atoms with Crippen molar-refractivity contribution in [3.63, 3.8) is 0 Å². The predicted octanol–water partition coefficient (Wildman–Crippen LogP) is 0.276. The highest BCUT2D eigenvalue weighted by molar-refractivity contribution is 5.76. The van der Waals surface area contributed by atoms with Crippen LogP contribution in [0.3, 0.4) is 0 Å². The van der Waals surface area contributed by atoms with Crippen molar-refractivity contribution in [1.29, 1.82) is 0 Å². The van der Waals surface area contributed by atoms with Crippen molar-refractivity contribution in [3.05, 3.63) is 0 Å². The minimum atomic E-state index is 0. The lowest BCUT2D eigenvalue weighted by atomic mass is 10.4. The van der Waals surface area contributed by atoms with Gasteiger partial charge in [-0.1, -0.05) is 0 Å². The molecular weight excluding hydrogens is 104 g/mol. The third-order valence-corrected chi connectivity index (χ3v) is 1.26. The number of hydrogen-bond acceptors (Lipinski definition) is 1. The van der Waals surface area contributed by atoms with Gasteiger partial charge in [0.2, 0.25) is 0 Å². The van der Waals surface area contributed by atoms with Crippen molar-refractivity contribution >= 4 is 6.03 Å². The maximum Gasteiger partial charge on any atom is 0.317 e. The molecule has 0 aromatic heterocycles. The molecular formula is C5H12N2O. The fourth-order valence-corrected chi connectivity index (χ4v) is 0.860. The van der Waals surface area contributed by atoms with Crippen molar-refractivity contribution in [2.75, 3.05) is 13.6 Å². The van der Waals surface area contributed by atoms with Gasteiger partial charge in [0.1, 0.15) is 0 Å². The third-order valence-electron chi connectivity index (χ3n) is 1.26. The maximum atomic E-state index is 10.6. The third kappa shape index (κ3) is 0.757. The van der Waals surface area contributed by atoms with Crippen molar-refractivity contribution in [2.24, 2.45) is 0 Å². The van der Waals surface area contributed by atoms with Crippen LogP contribution in [0.1, 0.15) is 8.35 Å². The molecule has 3 nitrogen and oxygen atoms in total. The van der Waals surface area contributed by atoms with Crippen LogP contribution in [0.15, 0.2) is 0 Å². The molecule has 0 aliphatic carbocycles. The average Bonchev–Trinajstić information content (AvgIpc) is 1.85. The van der Waals surface area contributed by atoms with Crippen molar-refractivity contribution in [3.8, 4) is 0 Å². The minimum absolute atomic E-state index is 0. The van der Waals surface area contributed by atoms with E-state index in [0.29, 0.717) is 6.04 Å². The van der Waals surface area contributed by atoms with E-state index < -0.39 is 0 Å². The van der Waals surface area contributed by atoms with Gasteiger partial charge in [0.25, 0.3) is 0 Å². The number of carbonyl (C=O) groups is 1. The lowest BCUT2D eigenvalue weighted by Crippen LogP contribution is -2.25. The van der Waals surface area contributed by atoms with E-state index in [4.69, 9.17) is 0 Å². The Balaban J connectivity index is 0.000000640. The number of nitrogens with one attached hydrogen (secondary N) is 1. The van der Waals surface area contributed by atoms with Crippen LogP contribution in [0.2, 0.25) is 0 Å². The highest BCUT2D eigenvalue weighted by Crippen LogP contribution is 1.97. The Morgan fingerprint density at radius 3 is 2.75 bits per heavy atom. The maximum absolute atomic E-state index is 10.6. The van der Waals surface area contributed by atoms with E-state index in [1.54, 1.807) is 11.9 Å². The van der Waals surface area contributed by atoms with E-state index in [9.17, 15) is 4.79 Å². The first-order valence-electron chi connectivity index (χ1n) is 2.72. The predicted molar refractivity (Wildman–Crippen MR) is 32.7 cm³/mol. The molecule has 0 spiro atoms. The van der Waals surface area contributed by atoms with Crippen molar-refractivity contribution in [1.82, 2.24) is 10.2 Å². The van der Waals surface area contributed by atoms with Crippen molar-refractivity contribution in [2.45, 2.75) is 13.0 Å². The SMILES string of the molecule is CC1CN(C)C(=O)N1.[HH]. The van der Waals surface area contributed by atoms with Gasteiger partial charge in [-0.2, -0.15) is 0 Å². The Labute approximate surface area is 50.1 Å². The molecule has 1 fully saturated rings. The Morgan fingerprint density at radius 2 is 2.62 bits per heavy atom. The zero-order chi connectivity index (χ0) is 6.15. The lowest BCUT2D eigenvalue weighted by Gasteiger charge is -2.02. The number of urea groups is 1. The molecule has 2 amide bonds. The summed E-state index contributed by atoms with van der Waals surface area (Å²) in [4.78, 5) is 12.3. The van der Waals surface area contributed by atoms with Crippen LogP contribution in [0.4, 0.5) is 4.79 Å².